The van der Waals surface area contributed by atoms with Gasteiger partial charge in [-0.05, 0) is 43.0 Å². The van der Waals surface area contributed by atoms with Crippen molar-refractivity contribution < 1.29 is 19.1 Å². The molecule has 25 heavy (non-hydrogen) atoms. The molecule has 1 aromatic carbocycles. The minimum atomic E-state index is -0.352. The molecule has 0 saturated heterocycles. The molecule has 0 atom stereocenters. The molecular weight excluding hydrogens is 316 g/mol. The van der Waals surface area contributed by atoms with E-state index >= 15 is 0 Å². The maximum atomic E-state index is 12.0. The molecule has 0 bridgehead atoms. The Balaban J connectivity index is 2.26. The van der Waals surface area contributed by atoms with E-state index in [1.54, 1.807) is 24.3 Å². The molecule has 4 nitrogen and oxygen atoms in total. The summed E-state index contributed by atoms with van der Waals surface area (Å²) in [5.41, 5.74) is 0.919. The highest BCUT2D eigenvalue weighted by atomic mass is 16.5. The van der Waals surface area contributed by atoms with Gasteiger partial charge >= 0.3 is 11.9 Å². The maximum Gasteiger partial charge on any atom is 0.338 e. The third-order valence-corrected chi connectivity index (χ3v) is 4.00. The SMILES string of the molecule is CCCCOC(=O)c1ccc(C(=O)OCCCCCCC(C)C)cc1. The zero-order valence-corrected chi connectivity index (χ0v) is 15.9. The first-order chi connectivity index (χ1) is 12.0. The molecule has 1 aromatic rings. The molecule has 0 aliphatic rings. The first kappa shape index (κ1) is 21.2. The average Bonchev–Trinajstić information content (AvgIpc) is 2.60. The van der Waals surface area contributed by atoms with Crippen LogP contribution in [-0.4, -0.2) is 25.2 Å². The summed E-state index contributed by atoms with van der Waals surface area (Å²) < 4.78 is 10.4. The molecule has 0 N–H and O–H groups in total. The quantitative estimate of drug-likeness (QED) is 0.374. The number of hydrogen-bond acceptors (Lipinski definition) is 4. The van der Waals surface area contributed by atoms with E-state index in [0.717, 1.165) is 31.6 Å². The average molecular weight is 348 g/mol. The predicted octanol–water partition coefficient (Wildman–Crippen LogP) is 5.41. The molecule has 0 aromatic heterocycles. The fourth-order valence-electron chi connectivity index (χ4n) is 2.39. The summed E-state index contributed by atoms with van der Waals surface area (Å²) in [6, 6.07) is 6.44. The third-order valence-electron chi connectivity index (χ3n) is 4.00. The third kappa shape index (κ3) is 9.28. The highest BCUT2D eigenvalue weighted by Crippen LogP contribution is 2.11. The normalized spacial score (nSPS) is 10.7. The van der Waals surface area contributed by atoms with Crippen LogP contribution in [0.1, 0.15) is 86.4 Å². The van der Waals surface area contributed by atoms with Gasteiger partial charge in [-0.3, -0.25) is 0 Å². The van der Waals surface area contributed by atoms with E-state index in [2.05, 4.69) is 13.8 Å². The van der Waals surface area contributed by atoms with Gasteiger partial charge in [0.25, 0.3) is 0 Å². The van der Waals surface area contributed by atoms with Crippen molar-refractivity contribution in [2.75, 3.05) is 13.2 Å². The summed E-state index contributed by atoms with van der Waals surface area (Å²) in [6.45, 7) is 7.38. The molecule has 4 heteroatoms. The van der Waals surface area contributed by atoms with Gasteiger partial charge in [-0.1, -0.05) is 52.9 Å². The smallest absolute Gasteiger partial charge is 0.338 e. The van der Waals surface area contributed by atoms with Gasteiger partial charge in [-0.2, -0.15) is 0 Å². The predicted molar refractivity (Wildman–Crippen MR) is 99.8 cm³/mol. The monoisotopic (exact) mass is 348 g/mol. The van der Waals surface area contributed by atoms with Crippen LogP contribution in [0.15, 0.2) is 24.3 Å². The van der Waals surface area contributed by atoms with Gasteiger partial charge in [0.1, 0.15) is 0 Å². The van der Waals surface area contributed by atoms with Gasteiger partial charge < -0.3 is 9.47 Å². The number of hydrogen-bond donors (Lipinski definition) is 0. The van der Waals surface area contributed by atoms with E-state index in [-0.39, 0.29) is 11.9 Å². The van der Waals surface area contributed by atoms with Crippen molar-refractivity contribution in [2.45, 2.75) is 65.7 Å². The van der Waals surface area contributed by atoms with Crippen molar-refractivity contribution in [3.8, 4) is 0 Å². The van der Waals surface area contributed by atoms with E-state index in [9.17, 15) is 9.59 Å². The highest BCUT2D eigenvalue weighted by molar-refractivity contribution is 5.93. The lowest BCUT2D eigenvalue weighted by atomic mass is 10.0. The van der Waals surface area contributed by atoms with Crippen molar-refractivity contribution in [1.82, 2.24) is 0 Å². The van der Waals surface area contributed by atoms with E-state index in [1.807, 2.05) is 6.92 Å². The molecule has 0 radical (unpaired) electrons. The van der Waals surface area contributed by atoms with Crippen LogP contribution in [0.2, 0.25) is 0 Å². The molecule has 0 aliphatic heterocycles. The Morgan fingerprint density at radius 2 is 1.28 bits per heavy atom. The Kier molecular flexibility index (Phi) is 10.6. The van der Waals surface area contributed by atoms with Crippen molar-refractivity contribution in [3.05, 3.63) is 35.4 Å². The molecule has 1 rings (SSSR count). The molecule has 140 valence electrons. The van der Waals surface area contributed by atoms with Gasteiger partial charge in [0.2, 0.25) is 0 Å². The van der Waals surface area contributed by atoms with E-state index in [1.165, 1.54) is 19.3 Å². The van der Waals surface area contributed by atoms with E-state index in [0.29, 0.717) is 24.3 Å². The van der Waals surface area contributed by atoms with Crippen LogP contribution in [0, 0.1) is 5.92 Å². The lowest BCUT2D eigenvalue weighted by Gasteiger charge is -2.07. The summed E-state index contributed by atoms with van der Waals surface area (Å²) in [4.78, 5) is 23.8. The van der Waals surface area contributed by atoms with Crippen LogP contribution in [0.3, 0.4) is 0 Å². The van der Waals surface area contributed by atoms with E-state index < -0.39 is 0 Å². The first-order valence-electron chi connectivity index (χ1n) is 9.49. The number of esters is 2. The van der Waals surface area contributed by atoms with Crippen LogP contribution >= 0.6 is 0 Å². The van der Waals surface area contributed by atoms with Crippen molar-refractivity contribution in [2.24, 2.45) is 5.92 Å². The zero-order valence-electron chi connectivity index (χ0n) is 15.9. The zero-order chi connectivity index (χ0) is 18.5. The van der Waals surface area contributed by atoms with Crippen LogP contribution < -0.4 is 0 Å². The summed E-state index contributed by atoms with van der Waals surface area (Å²) in [5.74, 6) is 0.0626. The minimum absolute atomic E-state index is 0.340. The Morgan fingerprint density at radius 3 is 1.76 bits per heavy atom. The molecule has 0 saturated carbocycles. The molecular formula is C21H32O4. The van der Waals surface area contributed by atoms with Gasteiger partial charge in [0.05, 0.1) is 24.3 Å². The largest absolute Gasteiger partial charge is 0.462 e. The number of benzene rings is 1. The fourth-order valence-corrected chi connectivity index (χ4v) is 2.39. The molecule has 0 spiro atoms. The molecule has 0 fully saturated rings. The highest BCUT2D eigenvalue weighted by Gasteiger charge is 2.10. The second-order valence-corrected chi connectivity index (χ2v) is 6.80. The maximum absolute atomic E-state index is 12.0. The topological polar surface area (TPSA) is 52.6 Å². The summed E-state index contributed by atoms with van der Waals surface area (Å²) in [7, 11) is 0. The fraction of sp³-hybridized carbons (Fsp3) is 0.619. The number of carbonyl (C=O) groups excluding carboxylic acids is 2. The van der Waals surface area contributed by atoms with E-state index in [4.69, 9.17) is 9.47 Å². The Hall–Kier alpha value is -1.84. The van der Waals surface area contributed by atoms with Crippen molar-refractivity contribution in [1.29, 1.82) is 0 Å². The van der Waals surface area contributed by atoms with Crippen LogP contribution in [0.25, 0.3) is 0 Å². The Bertz CT molecular complexity index is 505. The lowest BCUT2D eigenvalue weighted by Crippen LogP contribution is -2.09. The van der Waals surface area contributed by atoms with Crippen LogP contribution in [0.5, 0.6) is 0 Å². The van der Waals surface area contributed by atoms with Gasteiger partial charge in [0, 0.05) is 0 Å². The minimum Gasteiger partial charge on any atom is -0.462 e. The molecule has 0 unspecified atom stereocenters. The lowest BCUT2D eigenvalue weighted by molar-refractivity contribution is 0.0484. The summed E-state index contributed by atoms with van der Waals surface area (Å²) in [5, 5.41) is 0. The number of carbonyl (C=O) groups is 2. The Morgan fingerprint density at radius 1 is 0.800 bits per heavy atom. The van der Waals surface area contributed by atoms with Crippen molar-refractivity contribution >= 4 is 11.9 Å². The number of ether oxygens (including phenoxy) is 2. The molecule has 0 amide bonds. The second-order valence-electron chi connectivity index (χ2n) is 6.80. The first-order valence-corrected chi connectivity index (χ1v) is 9.49. The number of unbranched alkanes of at least 4 members (excludes halogenated alkanes) is 4. The number of rotatable bonds is 12. The standard InChI is InChI=1S/C21H32O4/c1-4-5-15-24-20(22)18-11-13-19(14-12-18)21(23)25-16-9-7-6-8-10-17(2)3/h11-14,17H,4-10,15-16H2,1-3H3. The summed E-state index contributed by atoms with van der Waals surface area (Å²) in [6.07, 6.45) is 7.50. The molecule has 0 aliphatic carbocycles. The van der Waals surface area contributed by atoms with Crippen LogP contribution in [-0.2, 0) is 9.47 Å². The second kappa shape index (κ2) is 12.5. The van der Waals surface area contributed by atoms with Gasteiger partial charge in [-0.25, -0.2) is 9.59 Å². The van der Waals surface area contributed by atoms with Gasteiger partial charge in [0.15, 0.2) is 0 Å². The van der Waals surface area contributed by atoms with Crippen molar-refractivity contribution in [3.63, 3.8) is 0 Å². The Labute approximate surface area is 151 Å². The van der Waals surface area contributed by atoms with Gasteiger partial charge in [-0.15, -0.1) is 0 Å². The summed E-state index contributed by atoms with van der Waals surface area (Å²) >= 11 is 0. The molecule has 0 heterocycles. The van der Waals surface area contributed by atoms with Crippen LogP contribution in [0.4, 0.5) is 0 Å².